The summed E-state index contributed by atoms with van der Waals surface area (Å²) in [4.78, 5) is 10.9. The molecule has 4 heteroatoms. The van der Waals surface area contributed by atoms with Crippen molar-refractivity contribution in [1.29, 1.82) is 0 Å². The molecule has 0 aromatic heterocycles. The van der Waals surface area contributed by atoms with Crippen molar-refractivity contribution in [1.82, 2.24) is 0 Å². The maximum absolute atomic E-state index is 10.9. The molecule has 0 saturated carbocycles. The van der Waals surface area contributed by atoms with Gasteiger partial charge in [0, 0.05) is 0 Å². The van der Waals surface area contributed by atoms with E-state index < -0.39 is 11.9 Å². The van der Waals surface area contributed by atoms with E-state index in [1.807, 2.05) is 0 Å². The van der Waals surface area contributed by atoms with Gasteiger partial charge in [-0.25, -0.2) is 4.79 Å². The number of rotatable bonds is 1. The Hall–Kier alpha value is -0.280. The van der Waals surface area contributed by atoms with Crippen molar-refractivity contribution >= 4 is 17.6 Å². The highest BCUT2D eigenvalue weighted by Gasteiger charge is 2.41. The third kappa shape index (κ3) is 1.25. The van der Waals surface area contributed by atoms with E-state index in [9.17, 15) is 4.79 Å². The first-order chi connectivity index (χ1) is 4.56. The summed E-state index contributed by atoms with van der Waals surface area (Å²) in [5.41, 5.74) is -0.820. The fourth-order valence-electron chi connectivity index (χ4n) is 0.725. The smallest absolute Gasteiger partial charge is 0.340 e. The molecule has 0 bridgehead atoms. The highest BCUT2D eigenvalue weighted by Crippen LogP contribution is 2.23. The molecule has 58 valence electrons. The van der Waals surface area contributed by atoms with Crippen LogP contribution in [0.3, 0.4) is 0 Å². The number of carbonyl (C=O) groups excluding carboxylic acids is 1. The molecule has 0 aliphatic carbocycles. The van der Waals surface area contributed by atoms with Gasteiger partial charge in [0.15, 0.2) is 5.60 Å². The first-order valence-corrected chi connectivity index (χ1v) is 3.54. The van der Waals surface area contributed by atoms with E-state index in [1.54, 1.807) is 13.8 Å². The van der Waals surface area contributed by atoms with Crippen LogP contribution in [0.15, 0.2) is 0 Å². The molecule has 1 unspecified atom stereocenters. The van der Waals surface area contributed by atoms with Crippen molar-refractivity contribution in [3.8, 4) is 0 Å². The Morgan fingerprint density at radius 2 is 2.30 bits per heavy atom. The number of carbonyl (C=O) groups is 1. The van der Waals surface area contributed by atoms with Crippen LogP contribution in [0, 0.1) is 0 Å². The minimum atomic E-state index is -0.820. The molecule has 0 spiro atoms. The van der Waals surface area contributed by atoms with E-state index in [0.29, 0.717) is 0 Å². The summed E-state index contributed by atoms with van der Waals surface area (Å²) in [6, 6.07) is 0. The minimum absolute atomic E-state index is 0.190. The molecule has 3 nitrogen and oxygen atoms in total. The third-order valence-corrected chi connectivity index (χ3v) is 1.53. The molecule has 10 heavy (non-hydrogen) atoms. The summed E-state index contributed by atoms with van der Waals surface area (Å²) < 4.78 is 9.84. The number of alkyl halides is 1. The zero-order valence-electron chi connectivity index (χ0n) is 5.89. The molecule has 1 rings (SSSR count). The van der Waals surface area contributed by atoms with Gasteiger partial charge in [-0.15, -0.1) is 11.6 Å². The highest BCUT2D eigenvalue weighted by atomic mass is 35.5. The molecular formula is C6H9ClO3. The fraction of sp³-hybridized carbons (Fsp3) is 0.833. The Kier molecular flexibility index (Phi) is 1.88. The molecule has 1 fully saturated rings. The molecule has 0 aromatic carbocycles. The Balaban J connectivity index is 2.62. The Bertz CT molecular complexity index is 155. The Morgan fingerprint density at radius 1 is 1.70 bits per heavy atom. The van der Waals surface area contributed by atoms with Crippen molar-refractivity contribution in [2.75, 3.05) is 5.88 Å². The molecule has 1 aliphatic heterocycles. The first kappa shape index (κ1) is 7.82. The molecule has 0 amide bonds. The number of hydrogen-bond donors (Lipinski definition) is 0. The second-order valence-corrected chi connectivity index (χ2v) is 2.93. The van der Waals surface area contributed by atoms with Crippen molar-refractivity contribution in [2.45, 2.75) is 25.7 Å². The zero-order valence-corrected chi connectivity index (χ0v) is 6.64. The van der Waals surface area contributed by atoms with E-state index in [1.165, 1.54) is 0 Å². The van der Waals surface area contributed by atoms with Gasteiger partial charge in [-0.05, 0) is 13.8 Å². The summed E-state index contributed by atoms with van der Waals surface area (Å²) >= 11 is 5.40. The lowest BCUT2D eigenvalue weighted by atomic mass is 10.1. The van der Waals surface area contributed by atoms with E-state index in [-0.39, 0.29) is 11.8 Å². The van der Waals surface area contributed by atoms with Crippen molar-refractivity contribution < 1.29 is 14.3 Å². The summed E-state index contributed by atoms with van der Waals surface area (Å²) in [7, 11) is 0. The van der Waals surface area contributed by atoms with Gasteiger partial charge in [0.1, 0.15) is 0 Å². The highest BCUT2D eigenvalue weighted by molar-refractivity contribution is 6.18. The summed E-state index contributed by atoms with van der Waals surface area (Å²) in [6.07, 6.45) is -0.566. The second-order valence-electron chi connectivity index (χ2n) is 2.62. The Labute approximate surface area is 64.3 Å². The SMILES string of the molecule is CC1(C)OC(CCl)OC1=O. The van der Waals surface area contributed by atoms with E-state index >= 15 is 0 Å². The van der Waals surface area contributed by atoms with Crippen molar-refractivity contribution in [3.63, 3.8) is 0 Å². The van der Waals surface area contributed by atoms with Crippen molar-refractivity contribution in [3.05, 3.63) is 0 Å². The lowest BCUT2D eigenvalue weighted by Crippen LogP contribution is -2.27. The van der Waals surface area contributed by atoms with E-state index in [4.69, 9.17) is 21.1 Å². The van der Waals surface area contributed by atoms with Crippen LogP contribution in [-0.4, -0.2) is 23.7 Å². The number of cyclic esters (lactones) is 1. The van der Waals surface area contributed by atoms with E-state index in [0.717, 1.165) is 0 Å². The van der Waals surface area contributed by atoms with Gasteiger partial charge < -0.3 is 9.47 Å². The molecule has 0 radical (unpaired) electrons. The van der Waals surface area contributed by atoms with Gasteiger partial charge in [0.25, 0.3) is 0 Å². The molecular weight excluding hydrogens is 156 g/mol. The van der Waals surface area contributed by atoms with Crippen LogP contribution in [0.25, 0.3) is 0 Å². The summed E-state index contributed by atoms with van der Waals surface area (Å²) in [5.74, 6) is -0.159. The molecule has 0 aromatic rings. The molecule has 0 N–H and O–H groups in total. The van der Waals surface area contributed by atoms with Gasteiger partial charge in [0.05, 0.1) is 5.88 Å². The van der Waals surface area contributed by atoms with Gasteiger partial charge >= 0.3 is 5.97 Å². The lowest BCUT2D eigenvalue weighted by Gasteiger charge is -2.10. The number of esters is 1. The average Bonchev–Trinajstić information content (AvgIpc) is 2.08. The van der Waals surface area contributed by atoms with Crippen molar-refractivity contribution in [2.24, 2.45) is 0 Å². The lowest BCUT2D eigenvalue weighted by molar-refractivity contribution is -0.143. The van der Waals surface area contributed by atoms with Crippen LogP contribution in [0.1, 0.15) is 13.8 Å². The van der Waals surface area contributed by atoms with Gasteiger partial charge in [-0.1, -0.05) is 0 Å². The van der Waals surface area contributed by atoms with E-state index in [2.05, 4.69) is 0 Å². The van der Waals surface area contributed by atoms with Crippen LogP contribution in [0.4, 0.5) is 0 Å². The van der Waals surface area contributed by atoms with Crippen LogP contribution >= 0.6 is 11.6 Å². The number of hydrogen-bond acceptors (Lipinski definition) is 3. The normalized spacial score (nSPS) is 30.3. The fourth-order valence-corrected chi connectivity index (χ4v) is 0.851. The predicted molar refractivity (Wildman–Crippen MR) is 35.8 cm³/mol. The molecule has 1 atom stereocenters. The maximum Gasteiger partial charge on any atom is 0.340 e. The monoisotopic (exact) mass is 164 g/mol. The number of ether oxygens (including phenoxy) is 2. The van der Waals surface area contributed by atoms with Crippen LogP contribution < -0.4 is 0 Å². The average molecular weight is 165 g/mol. The molecule has 1 heterocycles. The predicted octanol–water partition coefficient (Wildman–Crippen LogP) is 0.903. The standard InChI is InChI=1S/C6H9ClO3/c1-6(2)5(8)9-4(3-7)10-6/h4H,3H2,1-2H3. The second kappa shape index (κ2) is 2.40. The molecule has 1 saturated heterocycles. The van der Waals surface area contributed by atoms with Gasteiger partial charge in [-0.3, -0.25) is 0 Å². The summed E-state index contributed by atoms with van der Waals surface area (Å²) in [5, 5.41) is 0. The van der Waals surface area contributed by atoms with Crippen LogP contribution in [0.5, 0.6) is 0 Å². The first-order valence-electron chi connectivity index (χ1n) is 3.01. The quantitative estimate of drug-likeness (QED) is 0.427. The Morgan fingerprint density at radius 3 is 2.50 bits per heavy atom. The molecule has 1 aliphatic rings. The minimum Gasteiger partial charge on any atom is -0.432 e. The summed E-state index contributed by atoms with van der Waals surface area (Å²) in [6.45, 7) is 3.31. The van der Waals surface area contributed by atoms with Gasteiger partial charge in [0.2, 0.25) is 6.29 Å². The number of halogens is 1. The van der Waals surface area contributed by atoms with Crippen LogP contribution in [-0.2, 0) is 14.3 Å². The third-order valence-electron chi connectivity index (χ3n) is 1.28. The van der Waals surface area contributed by atoms with Crippen LogP contribution in [0.2, 0.25) is 0 Å². The topological polar surface area (TPSA) is 35.5 Å². The van der Waals surface area contributed by atoms with Gasteiger partial charge in [-0.2, -0.15) is 0 Å². The maximum atomic E-state index is 10.9. The largest absolute Gasteiger partial charge is 0.432 e. The zero-order chi connectivity index (χ0) is 7.78.